The average molecular weight is 468 g/mol. The van der Waals surface area contributed by atoms with Crippen LogP contribution in [0.1, 0.15) is 40.7 Å². The Balaban J connectivity index is 1.87. The lowest BCUT2D eigenvalue weighted by Crippen LogP contribution is -2.27. The number of amides is 1. The van der Waals surface area contributed by atoms with Crippen LogP contribution in [0, 0.1) is 0 Å². The van der Waals surface area contributed by atoms with Crippen molar-refractivity contribution in [3.63, 3.8) is 0 Å². The van der Waals surface area contributed by atoms with E-state index in [1.807, 2.05) is 48.7 Å². The van der Waals surface area contributed by atoms with E-state index in [0.29, 0.717) is 11.5 Å². The molecule has 3 aromatic rings. The van der Waals surface area contributed by atoms with Crippen molar-refractivity contribution in [3.05, 3.63) is 69.9 Å². The Hall–Kier alpha value is -3.85. The number of carbonyl (C=O) groups excluding carboxylic acids is 2. The number of hydrogen-bond acceptors (Lipinski definition) is 7. The summed E-state index contributed by atoms with van der Waals surface area (Å²) >= 11 is 1.50. The largest absolute Gasteiger partial charge is 0.493 e. The minimum absolute atomic E-state index is 0.112. The zero-order chi connectivity index (χ0) is 24.0. The quantitative estimate of drug-likeness (QED) is 0.222. The SMILES string of the molecule is COc1cc(C(=O)NC(C)c2ccccc2N=C(N)c2cccs2)cc(OC)c1OC(C)=O. The fourth-order valence-electron chi connectivity index (χ4n) is 3.18. The molecule has 33 heavy (non-hydrogen) atoms. The molecule has 0 saturated carbocycles. The van der Waals surface area contributed by atoms with Crippen LogP contribution in [0.5, 0.6) is 17.2 Å². The maximum absolute atomic E-state index is 13.0. The monoisotopic (exact) mass is 467 g/mol. The minimum Gasteiger partial charge on any atom is -0.493 e. The molecular formula is C24H25N3O5S. The van der Waals surface area contributed by atoms with Gasteiger partial charge in [-0.2, -0.15) is 0 Å². The van der Waals surface area contributed by atoms with Crippen molar-refractivity contribution in [2.45, 2.75) is 19.9 Å². The Labute approximate surface area is 196 Å². The van der Waals surface area contributed by atoms with E-state index in [1.165, 1.54) is 44.6 Å². The summed E-state index contributed by atoms with van der Waals surface area (Å²) in [7, 11) is 2.83. The number of benzene rings is 2. The molecule has 0 aliphatic rings. The molecule has 3 N–H and O–H groups in total. The maximum Gasteiger partial charge on any atom is 0.308 e. The zero-order valence-electron chi connectivity index (χ0n) is 18.7. The van der Waals surface area contributed by atoms with Gasteiger partial charge in [0, 0.05) is 12.5 Å². The first-order valence-corrected chi connectivity index (χ1v) is 10.9. The smallest absolute Gasteiger partial charge is 0.308 e. The van der Waals surface area contributed by atoms with Gasteiger partial charge in [0.15, 0.2) is 11.5 Å². The van der Waals surface area contributed by atoms with Crippen molar-refractivity contribution in [2.75, 3.05) is 14.2 Å². The van der Waals surface area contributed by atoms with Crippen molar-refractivity contribution in [2.24, 2.45) is 10.7 Å². The Morgan fingerprint density at radius 3 is 2.30 bits per heavy atom. The number of carbonyl (C=O) groups is 2. The highest BCUT2D eigenvalue weighted by molar-refractivity contribution is 7.12. The summed E-state index contributed by atoms with van der Waals surface area (Å²) in [5.41, 5.74) is 7.91. The second kappa shape index (κ2) is 10.6. The van der Waals surface area contributed by atoms with E-state index in [2.05, 4.69) is 10.3 Å². The van der Waals surface area contributed by atoms with Crippen molar-refractivity contribution in [1.82, 2.24) is 5.32 Å². The third-order valence-corrected chi connectivity index (χ3v) is 5.63. The third kappa shape index (κ3) is 5.69. The molecule has 3 rings (SSSR count). The fourth-order valence-corrected chi connectivity index (χ4v) is 3.80. The molecule has 1 heterocycles. The number of ether oxygens (including phenoxy) is 3. The van der Waals surface area contributed by atoms with Gasteiger partial charge in [0.1, 0.15) is 5.84 Å². The molecule has 0 saturated heterocycles. The van der Waals surface area contributed by atoms with E-state index in [1.54, 1.807) is 0 Å². The zero-order valence-corrected chi connectivity index (χ0v) is 19.6. The van der Waals surface area contributed by atoms with Gasteiger partial charge >= 0.3 is 5.97 Å². The fraction of sp³-hybridized carbons (Fsp3) is 0.208. The summed E-state index contributed by atoms with van der Waals surface area (Å²) in [6.45, 7) is 3.13. The van der Waals surface area contributed by atoms with Crippen LogP contribution in [0.15, 0.2) is 58.9 Å². The third-order valence-electron chi connectivity index (χ3n) is 4.73. The highest BCUT2D eigenvalue weighted by Crippen LogP contribution is 2.39. The van der Waals surface area contributed by atoms with Crippen LogP contribution in [-0.2, 0) is 4.79 Å². The summed E-state index contributed by atoms with van der Waals surface area (Å²) in [5, 5.41) is 4.89. The maximum atomic E-state index is 13.0. The number of esters is 1. The van der Waals surface area contributed by atoms with Crippen LogP contribution in [0.2, 0.25) is 0 Å². The first-order valence-electron chi connectivity index (χ1n) is 10.1. The molecule has 0 radical (unpaired) electrons. The molecule has 8 nitrogen and oxygen atoms in total. The van der Waals surface area contributed by atoms with Gasteiger partial charge in [-0.3, -0.25) is 9.59 Å². The van der Waals surface area contributed by atoms with Gasteiger partial charge < -0.3 is 25.3 Å². The predicted octanol–water partition coefficient (Wildman–Crippen LogP) is 4.22. The average Bonchev–Trinajstić information content (AvgIpc) is 3.34. The number of nitrogens with one attached hydrogen (secondary N) is 1. The molecule has 1 aromatic heterocycles. The van der Waals surface area contributed by atoms with Crippen LogP contribution in [0.3, 0.4) is 0 Å². The Bertz CT molecular complexity index is 1150. The van der Waals surface area contributed by atoms with Gasteiger partial charge in [0.05, 0.1) is 30.8 Å². The highest BCUT2D eigenvalue weighted by atomic mass is 32.1. The number of thiophene rings is 1. The summed E-state index contributed by atoms with van der Waals surface area (Å²) in [6, 6.07) is 13.9. The van der Waals surface area contributed by atoms with Crippen LogP contribution in [0.25, 0.3) is 0 Å². The van der Waals surface area contributed by atoms with Gasteiger partial charge in [0.25, 0.3) is 5.91 Å². The lowest BCUT2D eigenvalue weighted by atomic mass is 10.1. The molecule has 0 aliphatic heterocycles. The lowest BCUT2D eigenvalue weighted by molar-refractivity contribution is -0.132. The molecule has 172 valence electrons. The van der Waals surface area contributed by atoms with Gasteiger partial charge in [0.2, 0.25) is 5.75 Å². The van der Waals surface area contributed by atoms with Crippen LogP contribution < -0.4 is 25.3 Å². The molecule has 1 atom stereocenters. The molecule has 0 spiro atoms. The number of nitrogens with two attached hydrogens (primary N) is 1. The molecule has 0 bridgehead atoms. The molecule has 1 amide bonds. The van der Waals surface area contributed by atoms with Crippen LogP contribution in [-0.4, -0.2) is 31.9 Å². The number of aliphatic imine (C=N–C) groups is 1. The number of hydrogen-bond donors (Lipinski definition) is 2. The normalized spacial score (nSPS) is 12.1. The van der Waals surface area contributed by atoms with Crippen LogP contribution >= 0.6 is 11.3 Å². The molecule has 9 heteroatoms. The van der Waals surface area contributed by atoms with E-state index in [-0.39, 0.29) is 34.8 Å². The molecule has 2 aromatic carbocycles. The molecular weight excluding hydrogens is 442 g/mol. The highest BCUT2D eigenvalue weighted by Gasteiger charge is 2.21. The standard InChI is InChI=1S/C24H25N3O5S/c1-14(17-8-5-6-9-18(17)27-23(25)21-10-7-11-33-21)26-24(29)16-12-19(30-3)22(32-15(2)28)20(13-16)31-4/h5-14H,1-4H3,(H2,25,27)(H,26,29). The first kappa shape index (κ1) is 23.8. The van der Waals surface area contributed by atoms with Crippen molar-refractivity contribution in [1.29, 1.82) is 0 Å². The summed E-state index contributed by atoms with van der Waals surface area (Å²) in [6.07, 6.45) is 0. The van der Waals surface area contributed by atoms with E-state index in [0.717, 1.165) is 10.4 Å². The van der Waals surface area contributed by atoms with E-state index in [4.69, 9.17) is 19.9 Å². The second-order valence-corrected chi connectivity index (χ2v) is 7.98. The molecule has 1 unspecified atom stereocenters. The Morgan fingerprint density at radius 1 is 1.06 bits per heavy atom. The number of methoxy groups -OCH3 is 2. The molecule has 0 fully saturated rings. The predicted molar refractivity (Wildman–Crippen MR) is 128 cm³/mol. The van der Waals surface area contributed by atoms with Gasteiger partial charge in [-0.1, -0.05) is 24.3 Å². The van der Waals surface area contributed by atoms with Crippen molar-refractivity contribution in [3.8, 4) is 17.2 Å². The minimum atomic E-state index is -0.531. The number of rotatable bonds is 8. The van der Waals surface area contributed by atoms with Gasteiger partial charge in [-0.15, -0.1) is 11.3 Å². The van der Waals surface area contributed by atoms with Gasteiger partial charge in [-0.25, -0.2) is 4.99 Å². The van der Waals surface area contributed by atoms with E-state index >= 15 is 0 Å². The molecule has 0 aliphatic carbocycles. The number of amidine groups is 1. The van der Waals surface area contributed by atoms with Gasteiger partial charge in [-0.05, 0) is 42.1 Å². The van der Waals surface area contributed by atoms with Crippen molar-refractivity contribution >= 4 is 34.7 Å². The Morgan fingerprint density at radius 2 is 1.73 bits per heavy atom. The number of para-hydroxylation sites is 1. The summed E-state index contributed by atoms with van der Waals surface area (Å²) in [4.78, 5) is 29.9. The first-order chi connectivity index (χ1) is 15.8. The lowest BCUT2D eigenvalue weighted by Gasteiger charge is -2.18. The Kier molecular flexibility index (Phi) is 7.68. The van der Waals surface area contributed by atoms with E-state index < -0.39 is 5.97 Å². The second-order valence-electron chi connectivity index (χ2n) is 7.03. The summed E-state index contributed by atoms with van der Waals surface area (Å²) < 4.78 is 15.8. The van der Waals surface area contributed by atoms with Crippen LogP contribution in [0.4, 0.5) is 5.69 Å². The van der Waals surface area contributed by atoms with E-state index in [9.17, 15) is 9.59 Å². The summed E-state index contributed by atoms with van der Waals surface area (Å²) in [5.74, 6) is 0.0365. The van der Waals surface area contributed by atoms with Crippen molar-refractivity contribution < 1.29 is 23.8 Å². The topological polar surface area (TPSA) is 112 Å². The number of nitrogens with zero attached hydrogens (tertiary/aromatic N) is 1.